The molecule has 0 aliphatic carbocycles. The molecular weight excluding hydrogens is 384 g/mol. The highest BCUT2D eigenvalue weighted by Gasteiger charge is 2.40. The van der Waals surface area contributed by atoms with E-state index in [0.29, 0.717) is 26.3 Å². The van der Waals surface area contributed by atoms with Gasteiger partial charge in [-0.15, -0.1) is 0 Å². The number of ether oxygens (including phenoxy) is 1. The van der Waals surface area contributed by atoms with E-state index in [9.17, 15) is 4.79 Å². The quantitative estimate of drug-likeness (QED) is 0.704. The molecule has 2 aliphatic heterocycles. The maximum atomic E-state index is 13.8. The van der Waals surface area contributed by atoms with Crippen LogP contribution >= 0.6 is 0 Å². The number of benzene rings is 3. The largest absolute Gasteiger partial charge is 0.377 e. The predicted molar refractivity (Wildman–Crippen MR) is 122 cm³/mol. The van der Waals surface area contributed by atoms with Crippen LogP contribution < -0.4 is 5.32 Å². The minimum absolute atomic E-state index is 0.0244. The fourth-order valence-electron chi connectivity index (χ4n) is 4.95. The lowest BCUT2D eigenvalue weighted by Gasteiger charge is -2.38. The standard InChI is InChI=1S/C27H27N2O2/c30-27(29-15-16-31-19-26(29)21-11-5-2-6-12-21)25-18-28-17-24(25)23-14-8-7-13-22(23)20-9-3-1-4-10-20/h2-14,24-26,28H,15-19H2/t24-,25+,26+/m0/s1. The molecular formula is C27H27N2O2. The molecule has 157 valence electrons. The van der Waals surface area contributed by atoms with Crippen molar-refractivity contribution >= 4 is 5.91 Å². The third kappa shape index (κ3) is 4.01. The van der Waals surface area contributed by atoms with E-state index in [-0.39, 0.29) is 23.8 Å². The summed E-state index contributed by atoms with van der Waals surface area (Å²) in [6.45, 7) is 3.30. The average Bonchev–Trinajstić information content (AvgIpc) is 3.34. The van der Waals surface area contributed by atoms with Gasteiger partial charge in [-0.1, -0.05) is 78.9 Å². The number of carbonyl (C=O) groups excluding carboxylic acids is 1. The van der Waals surface area contributed by atoms with Crippen molar-refractivity contribution in [2.75, 3.05) is 32.8 Å². The Hall–Kier alpha value is -2.95. The first-order chi connectivity index (χ1) is 15.3. The molecule has 3 aromatic carbocycles. The lowest BCUT2D eigenvalue weighted by Crippen LogP contribution is -2.47. The number of amides is 1. The van der Waals surface area contributed by atoms with E-state index in [1.54, 1.807) is 0 Å². The van der Waals surface area contributed by atoms with Gasteiger partial charge in [-0.2, -0.15) is 0 Å². The van der Waals surface area contributed by atoms with Gasteiger partial charge in [0, 0.05) is 25.6 Å². The first-order valence-electron chi connectivity index (χ1n) is 11.0. The summed E-state index contributed by atoms with van der Waals surface area (Å²) in [6.07, 6.45) is 0. The zero-order chi connectivity index (χ0) is 21.0. The Morgan fingerprint density at radius 3 is 2.58 bits per heavy atom. The van der Waals surface area contributed by atoms with E-state index < -0.39 is 0 Å². The summed E-state index contributed by atoms with van der Waals surface area (Å²) in [6, 6.07) is 29.9. The van der Waals surface area contributed by atoms with Gasteiger partial charge in [0.1, 0.15) is 0 Å². The molecule has 3 atom stereocenters. The predicted octanol–water partition coefficient (Wildman–Crippen LogP) is 4.06. The first-order valence-corrected chi connectivity index (χ1v) is 11.0. The topological polar surface area (TPSA) is 41.6 Å². The fraction of sp³-hybridized carbons (Fsp3) is 0.296. The number of nitrogens with one attached hydrogen (secondary N) is 1. The van der Waals surface area contributed by atoms with Gasteiger partial charge in [0.05, 0.1) is 25.2 Å². The van der Waals surface area contributed by atoms with Crippen molar-refractivity contribution < 1.29 is 9.53 Å². The van der Waals surface area contributed by atoms with Crippen molar-refractivity contribution in [2.45, 2.75) is 12.0 Å². The molecule has 5 rings (SSSR count). The van der Waals surface area contributed by atoms with Gasteiger partial charge >= 0.3 is 0 Å². The van der Waals surface area contributed by atoms with Gasteiger partial charge in [0.25, 0.3) is 0 Å². The maximum absolute atomic E-state index is 13.8. The van der Waals surface area contributed by atoms with E-state index >= 15 is 0 Å². The van der Waals surface area contributed by atoms with Gasteiger partial charge < -0.3 is 15.0 Å². The summed E-state index contributed by atoms with van der Waals surface area (Å²) in [5, 5.41) is 3.49. The van der Waals surface area contributed by atoms with Gasteiger partial charge in [-0.3, -0.25) is 4.79 Å². The summed E-state index contributed by atoms with van der Waals surface area (Å²) in [5.74, 6) is 0.288. The molecule has 0 bridgehead atoms. The Morgan fingerprint density at radius 1 is 0.968 bits per heavy atom. The molecule has 3 aromatic rings. The molecule has 0 unspecified atom stereocenters. The van der Waals surface area contributed by atoms with Gasteiger partial charge in [-0.05, 0) is 28.3 Å². The van der Waals surface area contributed by atoms with Crippen molar-refractivity contribution in [2.24, 2.45) is 5.92 Å². The van der Waals surface area contributed by atoms with Crippen molar-refractivity contribution in [1.82, 2.24) is 10.2 Å². The molecule has 2 fully saturated rings. The summed E-state index contributed by atoms with van der Waals surface area (Å²) in [4.78, 5) is 15.9. The summed E-state index contributed by atoms with van der Waals surface area (Å²) in [5.41, 5.74) is 4.74. The van der Waals surface area contributed by atoms with Gasteiger partial charge in [-0.25, -0.2) is 0 Å². The Morgan fingerprint density at radius 2 is 1.74 bits per heavy atom. The zero-order valence-corrected chi connectivity index (χ0v) is 17.5. The number of nitrogens with zero attached hydrogens (tertiary/aromatic N) is 1. The molecule has 4 heteroatoms. The highest BCUT2D eigenvalue weighted by atomic mass is 16.5. The SMILES string of the molecule is O=C([C@@H]1CNC[C@H]1c1ccccc1-c1cc[c]cc1)N1CCOC[C@@H]1c1ccccc1. The zero-order valence-electron chi connectivity index (χ0n) is 17.5. The smallest absolute Gasteiger partial charge is 0.228 e. The highest BCUT2D eigenvalue weighted by Crippen LogP contribution is 2.37. The Labute approximate surface area is 183 Å². The lowest BCUT2D eigenvalue weighted by atomic mass is 9.83. The van der Waals surface area contributed by atoms with Crippen LogP contribution in [0.5, 0.6) is 0 Å². The minimum Gasteiger partial charge on any atom is -0.377 e. The first kappa shape index (κ1) is 20.0. The van der Waals surface area contributed by atoms with Crippen LogP contribution in [0.4, 0.5) is 0 Å². The Bertz CT molecular complexity index is 1020. The van der Waals surface area contributed by atoms with Gasteiger partial charge in [0.15, 0.2) is 0 Å². The summed E-state index contributed by atoms with van der Waals surface area (Å²) < 4.78 is 5.76. The monoisotopic (exact) mass is 411 g/mol. The Balaban J connectivity index is 1.45. The minimum atomic E-state index is -0.0827. The second-order valence-corrected chi connectivity index (χ2v) is 8.28. The normalized spacial score (nSPS) is 23.6. The number of hydrogen-bond acceptors (Lipinski definition) is 3. The number of hydrogen-bond donors (Lipinski definition) is 1. The van der Waals surface area contributed by atoms with Crippen LogP contribution in [0.1, 0.15) is 23.1 Å². The van der Waals surface area contributed by atoms with Crippen LogP contribution in [-0.2, 0) is 9.53 Å². The van der Waals surface area contributed by atoms with Crippen molar-refractivity contribution in [3.8, 4) is 11.1 Å². The summed E-state index contributed by atoms with van der Waals surface area (Å²) in [7, 11) is 0. The molecule has 2 aliphatic rings. The second-order valence-electron chi connectivity index (χ2n) is 8.28. The third-order valence-electron chi connectivity index (χ3n) is 6.52. The lowest BCUT2D eigenvalue weighted by molar-refractivity contribution is -0.144. The third-order valence-corrected chi connectivity index (χ3v) is 6.52. The second kappa shape index (κ2) is 9.04. The number of carbonyl (C=O) groups is 1. The molecule has 2 heterocycles. The highest BCUT2D eigenvalue weighted by molar-refractivity contribution is 5.82. The van der Waals surface area contributed by atoms with Crippen LogP contribution in [0.25, 0.3) is 11.1 Å². The molecule has 4 nitrogen and oxygen atoms in total. The molecule has 1 N–H and O–H groups in total. The molecule has 0 saturated carbocycles. The van der Waals surface area contributed by atoms with Crippen LogP contribution in [0.2, 0.25) is 0 Å². The van der Waals surface area contributed by atoms with Crippen LogP contribution in [0.3, 0.4) is 0 Å². The molecule has 2 saturated heterocycles. The molecule has 1 amide bonds. The van der Waals surface area contributed by atoms with E-state index in [0.717, 1.165) is 12.1 Å². The molecule has 31 heavy (non-hydrogen) atoms. The van der Waals surface area contributed by atoms with Crippen molar-refractivity contribution in [3.63, 3.8) is 0 Å². The summed E-state index contributed by atoms with van der Waals surface area (Å²) >= 11 is 0. The average molecular weight is 412 g/mol. The molecule has 0 aromatic heterocycles. The van der Waals surface area contributed by atoms with E-state index in [2.05, 4.69) is 59.9 Å². The number of rotatable bonds is 4. The van der Waals surface area contributed by atoms with Crippen molar-refractivity contribution in [3.05, 3.63) is 96.1 Å². The van der Waals surface area contributed by atoms with Crippen LogP contribution in [-0.4, -0.2) is 43.7 Å². The van der Waals surface area contributed by atoms with Crippen LogP contribution in [0.15, 0.2) is 78.9 Å². The number of morpholine rings is 1. The van der Waals surface area contributed by atoms with E-state index in [4.69, 9.17) is 4.74 Å². The molecule has 1 radical (unpaired) electrons. The van der Waals surface area contributed by atoms with Crippen molar-refractivity contribution in [1.29, 1.82) is 0 Å². The van der Waals surface area contributed by atoms with E-state index in [1.807, 2.05) is 35.2 Å². The molecule has 0 spiro atoms. The Kier molecular flexibility index (Phi) is 5.83. The van der Waals surface area contributed by atoms with E-state index in [1.165, 1.54) is 16.7 Å². The fourth-order valence-corrected chi connectivity index (χ4v) is 4.95. The van der Waals surface area contributed by atoms with Gasteiger partial charge in [0.2, 0.25) is 5.91 Å². The van der Waals surface area contributed by atoms with Crippen LogP contribution in [0, 0.1) is 12.0 Å². The maximum Gasteiger partial charge on any atom is 0.228 e.